The van der Waals surface area contributed by atoms with Gasteiger partial charge in [0.05, 0.1) is 0 Å². The lowest BCUT2D eigenvalue weighted by molar-refractivity contribution is -0.175. The molecule has 1 spiro atoms. The van der Waals surface area contributed by atoms with Gasteiger partial charge in [-0.2, -0.15) is 0 Å². The largest absolute Gasteiger partial charge is 0.375 e. The van der Waals surface area contributed by atoms with Crippen molar-refractivity contribution in [1.29, 1.82) is 0 Å². The highest BCUT2D eigenvalue weighted by Crippen LogP contribution is 2.84. The van der Waals surface area contributed by atoms with Gasteiger partial charge in [-0.3, -0.25) is 0 Å². The summed E-state index contributed by atoms with van der Waals surface area (Å²) < 4.78 is 2.89. The van der Waals surface area contributed by atoms with Crippen LogP contribution in [-0.2, 0) is 21.7 Å². The van der Waals surface area contributed by atoms with E-state index in [4.69, 9.17) is 0 Å². The molecule has 3 heteroatoms. The zero-order valence-electron chi connectivity index (χ0n) is 42.1. The summed E-state index contributed by atoms with van der Waals surface area (Å²) >= 11 is 0. The van der Waals surface area contributed by atoms with Crippen molar-refractivity contribution < 1.29 is 0 Å². The molecule has 6 fully saturated rings. The Bertz CT molecular complexity index is 3410. The maximum Gasteiger partial charge on any atom is 0.333 e. The Hall–Kier alpha value is -4.76. The third-order valence-corrected chi connectivity index (χ3v) is 22.3. The van der Waals surface area contributed by atoms with Crippen molar-refractivity contribution in [3.8, 4) is 11.1 Å². The highest BCUT2D eigenvalue weighted by Gasteiger charge is 2.77. The second-order valence-electron chi connectivity index (χ2n) is 27.2. The number of rotatable bonds is 3. The van der Waals surface area contributed by atoms with Gasteiger partial charge in [-0.15, -0.1) is 0 Å². The first-order valence-electron chi connectivity index (χ1n) is 27.4. The average Bonchev–Trinajstić information content (AvgIpc) is 3.91. The SMILES string of the molecule is Cc1cc2c3c(c1)N(c1cc4c(cc1C)C(C)(C)CCC4(C)C)c1cc4ccccc4cc1B3n1c3ccc(C45CC6CC7CC(C4)C76C5)cc3c3cc(C45CC(C)CC(CC(C)C4)C5)cc-2c31. The van der Waals surface area contributed by atoms with E-state index in [0.29, 0.717) is 10.8 Å². The van der Waals surface area contributed by atoms with Gasteiger partial charge >= 0.3 is 6.85 Å². The van der Waals surface area contributed by atoms with E-state index in [1.807, 2.05) is 0 Å². The van der Waals surface area contributed by atoms with Gasteiger partial charge in [0, 0.05) is 44.4 Å². The number of fused-ring (bicyclic) bond motifs is 12. The van der Waals surface area contributed by atoms with E-state index in [9.17, 15) is 0 Å². The zero-order chi connectivity index (χ0) is 45.8. The number of aryl methyl sites for hydroxylation is 2. The van der Waals surface area contributed by atoms with Crippen molar-refractivity contribution in [1.82, 2.24) is 4.48 Å². The van der Waals surface area contributed by atoms with E-state index in [0.717, 1.165) is 35.5 Å². The summed E-state index contributed by atoms with van der Waals surface area (Å²) in [5.41, 5.74) is 23.6. The number of nitrogens with zero attached hydrogens (tertiary/aromatic N) is 2. The number of aromatic nitrogens is 1. The molecule has 2 aliphatic heterocycles. The van der Waals surface area contributed by atoms with Crippen molar-refractivity contribution in [2.24, 2.45) is 40.9 Å². The van der Waals surface area contributed by atoms with Crippen LogP contribution >= 0.6 is 0 Å². The quantitative estimate of drug-likeness (QED) is 0.161. The number of benzene rings is 6. The van der Waals surface area contributed by atoms with E-state index in [1.165, 1.54) is 165 Å². The van der Waals surface area contributed by atoms with Gasteiger partial charge < -0.3 is 9.38 Å². The van der Waals surface area contributed by atoms with Crippen LogP contribution in [0.5, 0.6) is 0 Å². The molecule has 16 rings (SSSR count). The molecule has 0 radical (unpaired) electrons. The summed E-state index contributed by atoms with van der Waals surface area (Å²) in [4.78, 5) is 2.75. The van der Waals surface area contributed by atoms with Crippen molar-refractivity contribution >= 4 is 67.4 Å². The minimum absolute atomic E-state index is 0.0587. The monoisotopic (exact) mass is 889 g/mol. The molecule has 4 unspecified atom stereocenters. The fourth-order valence-corrected chi connectivity index (χ4v) is 19.7. The fraction of sp³-hybridized carbons (Fsp3) is 0.477. The highest BCUT2D eigenvalue weighted by atomic mass is 15.2. The average molecular weight is 889 g/mol. The van der Waals surface area contributed by atoms with Crippen LogP contribution in [0.2, 0.25) is 0 Å². The first-order chi connectivity index (χ1) is 32.6. The Morgan fingerprint density at radius 1 is 0.574 bits per heavy atom. The molecule has 4 bridgehead atoms. The topological polar surface area (TPSA) is 8.17 Å². The lowest BCUT2D eigenvalue weighted by atomic mass is 9.38. The van der Waals surface area contributed by atoms with Gasteiger partial charge in [-0.25, -0.2) is 0 Å². The summed E-state index contributed by atoms with van der Waals surface area (Å²) in [7, 11) is 0. The molecule has 7 aliphatic carbocycles. The first kappa shape index (κ1) is 40.0. The predicted molar refractivity (Wildman–Crippen MR) is 286 cm³/mol. The Labute approximate surface area is 405 Å². The molecule has 6 aromatic carbocycles. The van der Waals surface area contributed by atoms with E-state index in [2.05, 4.69) is 156 Å². The van der Waals surface area contributed by atoms with Crippen LogP contribution in [0.25, 0.3) is 43.7 Å². The van der Waals surface area contributed by atoms with Gasteiger partial charge in [0.15, 0.2) is 0 Å². The Morgan fingerprint density at radius 3 is 1.97 bits per heavy atom. The van der Waals surface area contributed by atoms with Crippen molar-refractivity contribution in [2.75, 3.05) is 4.90 Å². The minimum atomic E-state index is 0.0587. The molecule has 4 atom stereocenters. The lowest BCUT2D eigenvalue weighted by Gasteiger charge is -2.66. The van der Waals surface area contributed by atoms with Crippen LogP contribution in [0, 0.1) is 54.8 Å². The molecule has 1 aromatic heterocycles. The molecular formula is C65H69BN2. The predicted octanol–water partition coefficient (Wildman–Crippen LogP) is 15.5. The summed E-state index contributed by atoms with van der Waals surface area (Å²) in [6, 6.07) is 38.4. The van der Waals surface area contributed by atoms with Crippen LogP contribution < -0.4 is 15.8 Å². The third kappa shape index (κ3) is 4.80. The molecule has 68 heavy (non-hydrogen) atoms. The van der Waals surface area contributed by atoms with Crippen LogP contribution in [0.4, 0.5) is 17.1 Å². The van der Waals surface area contributed by atoms with Gasteiger partial charge in [0.2, 0.25) is 0 Å². The third-order valence-electron chi connectivity index (χ3n) is 22.3. The molecule has 0 amide bonds. The van der Waals surface area contributed by atoms with E-state index < -0.39 is 0 Å². The standard InChI is InChI=1S/C65H69BN2/c1-36-19-49-51-28-44(63-30-37(2)17-40(32-63)18-38(3)31-63)27-50-48-26-43(64-33-46-24-45-25-47(34-64)65(45,46)35-64)13-14-55(48)68(60(50)51)66-54-22-41-11-9-10-12-42(41)23-57(54)67(58(20-36)59(49)66)56-29-53-52(21-39(56)4)61(5,6)15-16-62(53,7)8/h9-14,19-23,26-29,37-38,40,45-47H,15-18,24-25,30-35H2,1-8H3. The first-order valence-corrected chi connectivity index (χ1v) is 27.4. The second kappa shape index (κ2) is 12.6. The van der Waals surface area contributed by atoms with Crippen molar-refractivity contribution in [3.05, 3.63) is 124 Å². The minimum Gasteiger partial charge on any atom is -0.375 e. The van der Waals surface area contributed by atoms with Gasteiger partial charge in [-0.1, -0.05) is 90.1 Å². The zero-order valence-corrected chi connectivity index (χ0v) is 42.1. The van der Waals surface area contributed by atoms with Crippen LogP contribution in [0.3, 0.4) is 0 Å². The molecule has 6 saturated carbocycles. The lowest BCUT2D eigenvalue weighted by Crippen LogP contribution is -2.59. The number of hydrogen-bond donors (Lipinski definition) is 0. The summed E-state index contributed by atoms with van der Waals surface area (Å²) in [5, 5.41) is 5.70. The molecule has 3 heterocycles. The molecule has 0 saturated heterocycles. The number of hydrogen-bond acceptors (Lipinski definition) is 1. The molecular weight excluding hydrogens is 820 g/mol. The summed E-state index contributed by atoms with van der Waals surface area (Å²) in [5.74, 6) is 5.37. The number of anilines is 3. The molecule has 7 aromatic rings. The van der Waals surface area contributed by atoms with Crippen molar-refractivity contribution in [2.45, 2.75) is 154 Å². The van der Waals surface area contributed by atoms with Gasteiger partial charge in [0.25, 0.3) is 0 Å². The summed E-state index contributed by atoms with van der Waals surface area (Å²) in [6.07, 6.45) is 16.6. The molecule has 9 aliphatic rings. The Balaban J connectivity index is 1.00. The maximum absolute atomic E-state index is 2.89. The van der Waals surface area contributed by atoms with Crippen molar-refractivity contribution in [3.63, 3.8) is 0 Å². The van der Waals surface area contributed by atoms with Gasteiger partial charge in [-0.05, 0) is 257 Å². The van der Waals surface area contributed by atoms with E-state index in [1.54, 1.807) is 16.7 Å². The normalized spacial score (nSPS) is 33.5. The molecule has 2 nitrogen and oxygen atoms in total. The molecule has 0 N–H and O–H groups in total. The van der Waals surface area contributed by atoms with Crippen LogP contribution in [0.15, 0.2) is 91.0 Å². The van der Waals surface area contributed by atoms with Crippen LogP contribution in [0.1, 0.15) is 152 Å². The molecule has 342 valence electrons. The second-order valence-corrected chi connectivity index (χ2v) is 27.2. The Morgan fingerprint density at radius 2 is 1.26 bits per heavy atom. The van der Waals surface area contributed by atoms with Crippen LogP contribution in [-0.4, -0.2) is 11.3 Å². The van der Waals surface area contributed by atoms with E-state index >= 15 is 0 Å². The fourth-order valence-electron chi connectivity index (χ4n) is 19.7. The van der Waals surface area contributed by atoms with E-state index in [-0.39, 0.29) is 23.1 Å². The Kier molecular flexibility index (Phi) is 7.40. The maximum atomic E-state index is 2.89. The van der Waals surface area contributed by atoms with Gasteiger partial charge in [0.1, 0.15) is 0 Å². The smallest absolute Gasteiger partial charge is 0.333 e. The highest BCUT2D eigenvalue weighted by molar-refractivity contribution is 6.90. The summed E-state index contributed by atoms with van der Waals surface area (Å²) in [6.45, 7) is 19.9.